The van der Waals surface area contributed by atoms with Crippen molar-refractivity contribution >= 4 is 11.6 Å². The van der Waals surface area contributed by atoms with Crippen LogP contribution in [-0.4, -0.2) is 7.11 Å². The first-order valence-corrected chi connectivity index (χ1v) is 8.20. The number of aryl methyl sites for hydroxylation is 2. The van der Waals surface area contributed by atoms with Crippen molar-refractivity contribution in [1.82, 2.24) is 0 Å². The molecule has 120 valence electrons. The van der Waals surface area contributed by atoms with E-state index in [0.717, 1.165) is 23.7 Å². The first-order valence-electron chi connectivity index (χ1n) is 8.20. The molecule has 0 amide bonds. The lowest BCUT2D eigenvalue weighted by Crippen LogP contribution is -1.92. The normalized spacial score (nSPS) is 12.9. The second-order valence-corrected chi connectivity index (χ2v) is 6.32. The maximum Gasteiger partial charge on any atom is 0.130 e. The molecule has 0 spiro atoms. The molecule has 2 nitrogen and oxygen atoms in total. The van der Waals surface area contributed by atoms with Crippen LogP contribution >= 0.6 is 0 Å². The Kier molecular flexibility index (Phi) is 3.53. The van der Waals surface area contributed by atoms with Crippen LogP contribution in [0.3, 0.4) is 0 Å². The molecule has 0 saturated heterocycles. The number of rotatable bonds is 3. The standard InChI is InChI=1S/C22H20O2/c1-14-4-6-17-12-18(21-11-5-15(2)24-21)13-20(17)22(14)16-7-9-19(23-3)10-8-16/h4-11,13H,12H2,1-3H3. The van der Waals surface area contributed by atoms with Crippen molar-refractivity contribution in [3.05, 3.63) is 76.7 Å². The van der Waals surface area contributed by atoms with Crippen molar-refractivity contribution in [1.29, 1.82) is 0 Å². The Morgan fingerprint density at radius 2 is 1.71 bits per heavy atom. The Morgan fingerprint density at radius 3 is 2.38 bits per heavy atom. The second kappa shape index (κ2) is 5.72. The maximum absolute atomic E-state index is 5.82. The topological polar surface area (TPSA) is 22.4 Å². The fraction of sp³-hybridized carbons (Fsp3) is 0.182. The van der Waals surface area contributed by atoms with Gasteiger partial charge in [0.05, 0.1) is 7.11 Å². The van der Waals surface area contributed by atoms with E-state index in [1.54, 1.807) is 7.11 Å². The molecule has 4 rings (SSSR count). The fourth-order valence-corrected chi connectivity index (χ4v) is 3.43. The predicted octanol–water partition coefficient (Wildman–Crippen LogP) is 5.67. The highest BCUT2D eigenvalue weighted by Gasteiger charge is 2.20. The lowest BCUT2D eigenvalue weighted by molar-refractivity contribution is 0.415. The third kappa shape index (κ3) is 2.44. The van der Waals surface area contributed by atoms with Crippen LogP contribution in [-0.2, 0) is 6.42 Å². The average Bonchev–Trinajstić information content (AvgIpc) is 3.21. The molecule has 0 N–H and O–H groups in total. The highest BCUT2D eigenvalue weighted by molar-refractivity contribution is 5.93. The minimum atomic E-state index is 0.881. The van der Waals surface area contributed by atoms with E-state index in [9.17, 15) is 0 Å². The third-order valence-electron chi connectivity index (χ3n) is 4.68. The van der Waals surface area contributed by atoms with Crippen molar-refractivity contribution in [2.45, 2.75) is 20.3 Å². The molecule has 24 heavy (non-hydrogen) atoms. The van der Waals surface area contributed by atoms with Gasteiger partial charge < -0.3 is 9.15 Å². The van der Waals surface area contributed by atoms with Crippen molar-refractivity contribution < 1.29 is 9.15 Å². The molecule has 1 aliphatic rings. The van der Waals surface area contributed by atoms with Gasteiger partial charge in [0, 0.05) is 6.42 Å². The first-order chi connectivity index (χ1) is 11.7. The Balaban J connectivity index is 1.82. The van der Waals surface area contributed by atoms with Crippen LogP contribution in [0.5, 0.6) is 5.75 Å². The van der Waals surface area contributed by atoms with Crippen LogP contribution in [0.15, 0.2) is 52.9 Å². The Hall–Kier alpha value is -2.74. The number of methoxy groups -OCH3 is 1. The molecule has 1 aromatic heterocycles. The van der Waals surface area contributed by atoms with Gasteiger partial charge in [-0.2, -0.15) is 0 Å². The average molecular weight is 316 g/mol. The largest absolute Gasteiger partial charge is 0.497 e. The van der Waals surface area contributed by atoms with Crippen LogP contribution in [0, 0.1) is 13.8 Å². The summed E-state index contributed by atoms with van der Waals surface area (Å²) in [6.45, 7) is 4.15. The molecule has 0 atom stereocenters. The lowest BCUT2D eigenvalue weighted by Gasteiger charge is -2.12. The molecule has 0 fully saturated rings. The van der Waals surface area contributed by atoms with Crippen molar-refractivity contribution in [3.63, 3.8) is 0 Å². The number of furan rings is 1. The summed E-state index contributed by atoms with van der Waals surface area (Å²) in [5, 5.41) is 0. The van der Waals surface area contributed by atoms with E-state index in [0.29, 0.717) is 0 Å². The molecular weight excluding hydrogens is 296 g/mol. The Bertz CT molecular complexity index is 927. The summed E-state index contributed by atoms with van der Waals surface area (Å²) >= 11 is 0. The van der Waals surface area contributed by atoms with E-state index in [1.165, 1.54) is 33.4 Å². The molecule has 1 heterocycles. The number of hydrogen-bond acceptors (Lipinski definition) is 2. The third-order valence-corrected chi connectivity index (χ3v) is 4.68. The molecule has 0 saturated carbocycles. The van der Waals surface area contributed by atoms with Crippen molar-refractivity contribution in [2.24, 2.45) is 0 Å². The van der Waals surface area contributed by atoms with E-state index >= 15 is 0 Å². The molecule has 1 aliphatic carbocycles. The van der Waals surface area contributed by atoms with Gasteiger partial charge in [-0.3, -0.25) is 0 Å². The summed E-state index contributed by atoms with van der Waals surface area (Å²) in [4.78, 5) is 0. The van der Waals surface area contributed by atoms with Crippen molar-refractivity contribution in [3.8, 4) is 16.9 Å². The molecule has 0 bridgehead atoms. The van der Waals surface area contributed by atoms with Crippen LogP contribution in [0.25, 0.3) is 22.8 Å². The van der Waals surface area contributed by atoms with Gasteiger partial charge >= 0.3 is 0 Å². The van der Waals surface area contributed by atoms with Gasteiger partial charge in [0.25, 0.3) is 0 Å². The van der Waals surface area contributed by atoms with Crippen LogP contribution in [0.2, 0.25) is 0 Å². The van der Waals surface area contributed by atoms with Gasteiger partial charge in [-0.25, -0.2) is 0 Å². The van der Waals surface area contributed by atoms with E-state index in [4.69, 9.17) is 9.15 Å². The number of allylic oxidation sites excluding steroid dienone is 1. The Morgan fingerprint density at radius 1 is 0.917 bits per heavy atom. The zero-order valence-electron chi connectivity index (χ0n) is 14.2. The van der Waals surface area contributed by atoms with Gasteiger partial charge in [-0.05, 0) is 77.6 Å². The number of hydrogen-bond donors (Lipinski definition) is 0. The summed E-state index contributed by atoms with van der Waals surface area (Å²) in [6, 6.07) is 16.8. The second-order valence-electron chi connectivity index (χ2n) is 6.32. The summed E-state index contributed by atoms with van der Waals surface area (Å²) in [7, 11) is 1.70. The smallest absolute Gasteiger partial charge is 0.130 e. The monoisotopic (exact) mass is 316 g/mol. The summed E-state index contributed by atoms with van der Waals surface area (Å²) in [5.41, 5.74) is 7.72. The van der Waals surface area contributed by atoms with Crippen LogP contribution in [0.4, 0.5) is 0 Å². The highest BCUT2D eigenvalue weighted by atomic mass is 16.5. The van der Waals surface area contributed by atoms with E-state index in [-0.39, 0.29) is 0 Å². The van der Waals surface area contributed by atoms with Crippen LogP contribution < -0.4 is 4.74 Å². The zero-order valence-corrected chi connectivity index (χ0v) is 14.2. The van der Waals surface area contributed by atoms with Crippen LogP contribution in [0.1, 0.15) is 28.2 Å². The summed E-state index contributed by atoms with van der Waals surface area (Å²) in [6.07, 6.45) is 3.20. The van der Waals surface area contributed by atoms with E-state index in [1.807, 2.05) is 25.1 Å². The number of fused-ring (bicyclic) bond motifs is 1. The van der Waals surface area contributed by atoms with E-state index < -0.39 is 0 Å². The molecule has 0 unspecified atom stereocenters. The molecule has 0 radical (unpaired) electrons. The number of benzene rings is 2. The quantitative estimate of drug-likeness (QED) is 0.621. The minimum absolute atomic E-state index is 0.881. The van der Waals surface area contributed by atoms with Gasteiger partial charge in [0.15, 0.2) is 0 Å². The SMILES string of the molecule is COc1ccc(-c2c(C)ccc3c2C=C(c2ccc(C)o2)C3)cc1. The van der Waals surface area contributed by atoms with E-state index in [2.05, 4.69) is 43.3 Å². The summed E-state index contributed by atoms with van der Waals surface area (Å²) in [5.74, 6) is 2.81. The van der Waals surface area contributed by atoms with Gasteiger partial charge in [0.2, 0.25) is 0 Å². The zero-order chi connectivity index (χ0) is 16.7. The van der Waals surface area contributed by atoms with Gasteiger partial charge in [-0.1, -0.05) is 24.3 Å². The molecular formula is C22H20O2. The summed E-state index contributed by atoms with van der Waals surface area (Å²) < 4.78 is 11.1. The van der Waals surface area contributed by atoms with Gasteiger partial charge in [-0.15, -0.1) is 0 Å². The Labute approximate surface area is 142 Å². The fourth-order valence-electron chi connectivity index (χ4n) is 3.43. The first kappa shape index (κ1) is 14.8. The van der Waals surface area contributed by atoms with Gasteiger partial charge in [0.1, 0.15) is 17.3 Å². The lowest BCUT2D eigenvalue weighted by atomic mass is 9.93. The maximum atomic E-state index is 5.82. The number of ether oxygens (including phenoxy) is 1. The highest BCUT2D eigenvalue weighted by Crippen LogP contribution is 2.40. The molecule has 0 aliphatic heterocycles. The van der Waals surface area contributed by atoms with Crippen molar-refractivity contribution in [2.75, 3.05) is 7.11 Å². The predicted molar refractivity (Wildman–Crippen MR) is 98.2 cm³/mol. The molecule has 3 aromatic rings. The minimum Gasteiger partial charge on any atom is -0.497 e. The molecule has 2 heteroatoms. The molecule has 2 aromatic carbocycles.